The van der Waals surface area contributed by atoms with E-state index < -0.39 is 0 Å². The first-order valence-corrected chi connectivity index (χ1v) is 10.7. The summed E-state index contributed by atoms with van der Waals surface area (Å²) < 4.78 is 5.59. The number of benzene rings is 2. The minimum atomic E-state index is 0.651. The van der Waals surface area contributed by atoms with Crippen molar-refractivity contribution in [1.82, 2.24) is 9.97 Å². The molecule has 29 heavy (non-hydrogen) atoms. The van der Waals surface area contributed by atoms with Crippen LogP contribution in [0.25, 0.3) is 21.3 Å². The highest BCUT2D eigenvalue weighted by Gasteiger charge is 2.18. The van der Waals surface area contributed by atoms with Crippen LogP contribution in [0.3, 0.4) is 0 Å². The number of halogens is 1. The zero-order valence-electron chi connectivity index (χ0n) is 16.8. The molecule has 0 atom stereocenters. The van der Waals surface area contributed by atoms with Gasteiger partial charge in [-0.25, -0.2) is 9.97 Å². The molecule has 0 aliphatic heterocycles. The van der Waals surface area contributed by atoms with Gasteiger partial charge in [0.15, 0.2) is 0 Å². The van der Waals surface area contributed by atoms with E-state index in [0.29, 0.717) is 11.6 Å². The van der Waals surface area contributed by atoms with Crippen LogP contribution in [0, 0.1) is 20.8 Å². The molecule has 0 amide bonds. The van der Waals surface area contributed by atoms with Gasteiger partial charge >= 0.3 is 0 Å². The number of nitrogens with zero attached hydrogens (tertiary/aromatic N) is 2. The van der Waals surface area contributed by atoms with E-state index >= 15 is 0 Å². The first-order valence-electron chi connectivity index (χ1n) is 9.49. The van der Waals surface area contributed by atoms with Crippen molar-refractivity contribution in [3.8, 4) is 16.9 Å². The highest BCUT2D eigenvalue weighted by Crippen LogP contribution is 2.42. The van der Waals surface area contributed by atoms with Crippen molar-refractivity contribution in [2.45, 2.75) is 27.7 Å². The number of hydrogen-bond acceptors (Lipinski definition) is 5. The maximum absolute atomic E-state index is 6.53. The van der Waals surface area contributed by atoms with Gasteiger partial charge in [0.25, 0.3) is 0 Å². The molecule has 0 aliphatic carbocycles. The van der Waals surface area contributed by atoms with Crippen LogP contribution in [0.1, 0.15) is 22.9 Å². The SMILES string of the molecule is CCOc1ccc(-c2c(C)sc3ncnc(Nc4c(C)cc(C)cc4Cl)c23)cc1. The zero-order chi connectivity index (χ0) is 20.5. The Bertz CT molecular complexity index is 1160. The van der Waals surface area contributed by atoms with Crippen LogP contribution in [0.5, 0.6) is 5.75 Å². The maximum atomic E-state index is 6.53. The second-order valence-electron chi connectivity index (χ2n) is 6.96. The molecule has 4 rings (SSSR count). The molecule has 1 N–H and O–H groups in total. The van der Waals surface area contributed by atoms with Crippen molar-refractivity contribution < 1.29 is 4.74 Å². The summed E-state index contributed by atoms with van der Waals surface area (Å²) in [5, 5.41) is 5.16. The number of nitrogens with one attached hydrogen (secondary N) is 1. The van der Waals surface area contributed by atoms with Gasteiger partial charge in [-0.15, -0.1) is 11.3 Å². The summed E-state index contributed by atoms with van der Waals surface area (Å²) in [6, 6.07) is 12.2. The molecule has 6 heteroatoms. The lowest BCUT2D eigenvalue weighted by atomic mass is 10.0. The van der Waals surface area contributed by atoms with Crippen molar-refractivity contribution in [2.75, 3.05) is 11.9 Å². The molecule has 4 nitrogen and oxygen atoms in total. The Labute approximate surface area is 179 Å². The smallest absolute Gasteiger partial charge is 0.143 e. The summed E-state index contributed by atoms with van der Waals surface area (Å²) >= 11 is 8.20. The molecule has 0 unspecified atom stereocenters. The summed E-state index contributed by atoms with van der Waals surface area (Å²) in [5.41, 5.74) is 5.33. The Balaban J connectivity index is 1.85. The fraction of sp³-hybridized carbons (Fsp3) is 0.217. The molecule has 0 radical (unpaired) electrons. The monoisotopic (exact) mass is 423 g/mol. The number of fused-ring (bicyclic) bond motifs is 1. The fourth-order valence-corrected chi connectivity index (χ4v) is 4.94. The summed E-state index contributed by atoms with van der Waals surface area (Å²) in [7, 11) is 0. The van der Waals surface area contributed by atoms with Gasteiger partial charge in [0, 0.05) is 10.4 Å². The Morgan fingerprint density at radius 2 is 1.83 bits per heavy atom. The average molecular weight is 424 g/mol. The largest absolute Gasteiger partial charge is 0.494 e. The molecule has 2 aromatic heterocycles. The molecule has 0 saturated carbocycles. The third-order valence-corrected chi connectivity index (χ3v) is 6.10. The number of ether oxygens (including phenoxy) is 1. The summed E-state index contributed by atoms with van der Waals surface area (Å²) in [6.45, 7) is 8.84. The van der Waals surface area contributed by atoms with Gasteiger partial charge < -0.3 is 10.1 Å². The van der Waals surface area contributed by atoms with Gasteiger partial charge in [-0.1, -0.05) is 29.8 Å². The number of thiophene rings is 1. The molecule has 4 aromatic rings. The van der Waals surface area contributed by atoms with E-state index in [4.69, 9.17) is 16.3 Å². The van der Waals surface area contributed by atoms with Crippen LogP contribution < -0.4 is 10.1 Å². The third kappa shape index (κ3) is 3.80. The molecule has 0 spiro atoms. The van der Waals surface area contributed by atoms with Crippen LogP contribution in [-0.2, 0) is 0 Å². The lowest BCUT2D eigenvalue weighted by molar-refractivity contribution is 0.340. The minimum Gasteiger partial charge on any atom is -0.494 e. The van der Waals surface area contributed by atoms with Crippen molar-refractivity contribution >= 4 is 44.7 Å². The molecule has 0 bridgehead atoms. The van der Waals surface area contributed by atoms with Gasteiger partial charge in [-0.2, -0.15) is 0 Å². The molecular formula is C23H22ClN3OS. The second-order valence-corrected chi connectivity index (χ2v) is 8.57. The number of rotatable bonds is 5. The van der Waals surface area contributed by atoms with Crippen LogP contribution in [0.15, 0.2) is 42.7 Å². The Morgan fingerprint density at radius 3 is 2.52 bits per heavy atom. The molecule has 2 aromatic carbocycles. The number of aryl methyl sites for hydroxylation is 3. The topological polar surface area (TPSA) is 47.0 Å². The van der Waals surface area contributed by atoms with E-state index in [2.05, 4.69) is 40.4 Å². The van der Waals surface area contributed by atoms with E-state index in [1.54, 1.807) is 17.7 Å². The van der Waals surface area contributed by atoms with E-state index in [0.717, 1.165) is 49.7 Å². The van der Waals surface area contributed by atoms with Gasteiger partial charge in [-0.05, 0) is 62.6 Å². The number of hydrogen-bond donors (Lipinski definition) is 1. The number of aromatic nitrogens is 2. The quantitative estimate of drug-likeness (QED) is 0.372. The standard InChI is InChI=1S/C23H22ClN3OS/c1-5-28-17-8-6-16(7-9-17)19-15(4)29-23-20(19)22(25-12-26-23)27-21-14(3)10-13(2)11-18(21)24/h6-12H,5H2,1-4H3,(H,25,26,27). The predicted octanol–water partition coefficient (Wildman–Crippen LogP) is 7.08. The summed E-state index contributed by atoms with van der Waals surface area (Å²) in [4.78, 5) is 11.2. The van der Waals surface area contributed by atoms with Crippen molar-refractivity contribution in [3.05, 3.63) is 63.8 Å². The van der Waals surface area contributed by atoms with Gasteiger partial charge in [0.2, 0.25) is 0 Å². The molecular weight excluding hydrogens is 402 g/mol. The third-order valence-electron chi connectivity index (χ3n) is 4.79. The maximum Gasteiger partial charge on any atom is 0.143 e. The lowest BCUT2D eigenvalue weighted by Gasteiger charge is -2.14. The first-order chi connectivity index (χ1) is 14.0. The van der Waals surface area contributed by atoms with Crippen LogP contribution >= 0.6 is 22.9 Å². The van der Waals surface area contributed by atoms with Crippen LogP contribution in [0.2, 0.25) is 5.02 Å². The summed E-state index contributed by atoms with van der Waals surface area (Å²) in [6.07, 6.45) is 1.60. The normalized spacial score (nSPS) is 11.1. The average Bonchev–Trinajstić information content (AvgIpc) is 3.02. The Kier molecular flexibility index (Phi) is 5.43. The van der Waals surface area contributed by atoms with Gasteiger partial charge in [0.05, 0.1) is 22.7 Å². The van der Waals surface area contributed by atoms with E-state index in [9.17, 15) is 0 Å². The fourth-order valence-electron chi connectivity index (χ4n) is 3.56. The van der Waals surface area contributed by atoms with E-state index in [1.165, 1.54) is 4.88 Å². The van der Waals surface area contributed by atoms with E-state index in [1.807, 2.05) is 39.0 Å². The van der Waals surface area contributed by atoms with Crippen LogP contribution in [0.4, 0.5) is 11.5 Å². The highest BCUT2D eigenvalue weighted by atomic mass is 35.5. The molecule has 0 fully saturated rings. The molecule has 0 saturated heterocycles. The first kappa shape index (κ1) is 19.7. The van der Waals surface area contributed by atoms with Crippen molar-refractivity contribution in [1.29, 1.82) is 0 Å². The minimum absolute atomic E-state index is 0.651. The Hall–Kier alpha value is -2.63. The van der Waals surface area contributed by atoms with E-state index in [-0.39, 0.29) is 0 Å². The Morgan fingerprint density at radius 1 is 1.07 bits per heavy atom. The molecule has 148 valence electrons. The molecule has 0 aliphatic rings. The van der Waals surface area contributed by atoms with Crippen molar-refractivity contribution in [2.24, 2.45) is 0 Å². The van der Waals surface area contributed by atoms with Crippen LogP contribution in [-0.4, -0.2) is 16.6 Å². The highest BCUT2D eigenvalue weighted by molar-refractivity contribution is 7.19. The summed E-state index contributed by atoms with van der Waals surface area (Å²) in [5.74, 6) is 1.63. The van der Waals surface area contributed by atoms with Crippen molar-refractivity contribution in [3.63, 3.8) is 0 Å². The second kappa shape index (κ2) is 8.01. The molecule has 2 heterocycles. The van der Waals surface area contributed by atoms with Gasteiger partial charge in [0.1, 0.15) is 22.7 Å². The number of anilines is 2. The van der Waals surface area contributed by atoms with Gasteiger partial charge in [-0.3, -0.25) is 0 Å². The lowest BCUT2D eigenvalue weighted by Crippen LogP contribution is -1.99. The predicted molar refractivity (Wildman–Crippen MR) is 123 cm³/mol. The zero-order valence-corrected chi connectivity index (χ0v) is 18.4.